The van der Waals surface area contributed by atoms with E-state index in [1.807, 2.05) is 30.3 Å². The third kappa shape index (κ3) is 3.58. The van der Waals surface area contributed by atoms with Gasteiger partial charge in [-0.05, 0) is 5.56 Å². The Bertz CT molecular complexity index is 526. The summed E-state index contributed by atoms with van der Waals surface area (Å²) in [5.41, 5.74) is 0.829. The number of nitrogens with one attached hydrogen (secondary N) is 1. The highest BCUT2D eigenvalue weighted by Gasteiger charge is 2.09. The number of aliphatic hydroxyl groups excluding tert-OH is 1. The third-order valence-corrected chi connectivity index (χ3v) is 2.74. The summed E-state index contributed by atoms with van der Waals surface area (Å²) in [7, 11) is 3.04. The number of aliphatic hydroxyl groups is 1. The number of rotatable bonds is 6. The van der Waals surface area contributed by atoms with Crippen molar-refractivity contribution >= 4 is 5.95 Å². The Kier molecular flexibility index (Phi) is 4.73. The molecule has 20 heavy (non-hydrogen) atoms. The summed E-state index contributed by atoms with van der Waals surface area (Å²) in [6, 6.07) is 11.0. The van der Waals surface area contributed by atoms with Gasteiger partial charge in [0.1, 0.15) is 0 Å². The van der Waals surface area contributed by atoms with E-state index in [2.05, 4.69) is 15.3 Å². The van der Waals surface area contributed by atoms with E-state index in [1.165, 1.54) is 14.2 Å². The first kappa shape index (κ1) is 14.1. The number of aromatic nitrogens is 2. The number of hydrogen-bond acceptors (Lipinski definition) is 6. The normalized spacial score (nSPS) is 11.8. The highest BCUT2D eigenvalue weighted by molar-refractivity contribution is 5.34. The molecule has 1 atom stereocenters. The van der Waals surface area contributed by atoms with Gasteiger partial charge in [0.15, 0.2) is 0 Å². The second kappa shape index (κ2) is 6.72. The van der Waals surface area contributed by atoms with Gasteiger partial charge in [-0.2, -0.15) is 9.97 Å². The van der Waals surface area contributed by atoms with Crippen LogP contribution in [0.4, 0.5) is 5.95 Å². The zero-order chi connectivity index (χ0) is 14.4. The van der Waals surface area contributed by atoms with Crippen molar-refractivity contribution in [2.45, 2.75) is 6.10 Å². The fourth-order valence-corrected chi connectivity index (χ4v) is 1.67. The van der Waals surface area contributed by atoms with Crippen LogP contribution in [-0.4, -0.2) is 35.8 Å². The van der Waals surface area contributed by atoms with E-state index in [1.54, 1.807) is 6.07 Å². The average Bonchev–Trinajstić information content (AvgIpc) is 2.53. The van der Waals surface area contributed by atoms with Crippen molar-refractivity contribution in [2.75, 3.05) is 26.1 Å². The molecule has 1 unspecified atom stereocenters. The molecular weight excluding hydrogens is 258 g/mol. The maximum atomic E-state index is 10.1. The minimum Gasteiger partial charge on any atom is -0.481 e. The van der Waals surface area contributed by atoms with E-state index in [9.17, 15) is 5.11 Å². The van der Waals surface area contributed by atoms with Gasteiger partial charge in [-0.3, -0.25) is 0 Å². The Hall–Kier alpha value is -2.34. The van der Waals surface area contributed by atoms with Crippen LogP contribution in [0.5, 0.6) is 11.8 Å². The fourth-order valence-electron chi connectivity index (χ4n) is 1.67. The maximum Gasteiger partial charge on any atom is 0.229 e. The molecule has 1 aromatic carbocycles. The van der Waals surface area contributed by atoms with Crippen LogP contribution in [-0.2, 0) is 0 Å². The lowest BCUT2D eigenvalue weighted by atomic mass is 10.1. The molecule has 2 aromatic rings. The number of ether oxygens (including phenoxy) is 2. The molecule has 0 saturated carbocycles. The van der Waals surface area contributed by atoms with E-state index in [0.29, 0.717) is 24.3 Å². The summed E-state index contributed by atoms with van der Waals surface area (Å²) < 4.78 is 10.1. The van der Waals surface area contributed by atoms with Gasteiger partial charge in [0.05, 0.1) is 26.4 Å². The Morgan fingerprint density at radius 2 is 1.70 bits per heavy atom. The summed E-state index contributed by atoms with van der Waals surface area (Å²) >= 11 is 0. The van der Waals surface area contributed by atoms with Crippen molar-refractivity contribution < 1.29 is 14.6 Å². The average molecular weight is 275 g/mol. The Morgan fingerprint density at radius 1 is 1.10 bits per heavy atom. The molecule has 0 fully saturated rings. The standard InChI is InChI=1S/C14H17N3O3/c1-19-12-8-13(20-2)17-14(16-12)15-9-11(18)10-6-4-3-5-7-10/h3-8,11,18H,9H2,1-2H3,(H,15,16,17). The molecular formula is C14H17N3O3. The quantitative estimate of drug-likeness (QED) is 0.834. The molecule has 6 heteroatoms. The van der Waals surface area contributed by atoms with Crippen LogP contribution in [0.3, 0.4) is 0 Å². The predicted octanol–water partition coefficient (Wildman–Crippen LogP) is 1.64. The Morgan fingerprint density at radius 3 is 2.25 bits per heavy atom. The highest BCUT2D eigenvalue weighted by Crippen LogP contribution is 2.18. The Labute approximate surface area is 117 Å². The van der Waals surface area contributed by atoms with Gasteiger partial charge in [0.2, 0.25) is 17.7 Å². The molecule has 0 aliphatic carbocycles. The number of anilines is 1. The van der Waals surface area contributed by atoms with Gasteiger partial charge >= 0.3 is 0 Å². The lowest BCUT2D eigenvalue weighted by molar-refractivity contribution is 0.191. The number of hydrogen-bond donors (Lipinski definition) is 2. The van der Waals surface area contributed by atoms with Gasteiger partial charge in [-0.15, -0.1) is 0 Å². The summed E-state index contributed by atoms with van der Waals surface area (Å²) in [5, 5.41) is 13.0. The molecule has 6 nitrogen and oxygen atoms in total. The van der Waals surface area contributed by atoms with Crippen LogP contribution < -0.4 is 14.8 Å². The predicted molar refractivity (Wildman–Crippen MR) is 75.0 cm³/mol. The highest BCUT2D eigenvalue weighted by atomic mass is 16.5. The molecule has 0 radical (unpaired) electrons. The van der Waals surface area contributed by atoms with Crippen molar-refractivity contribution in [3.8, 4) is 11.8 Å². The van der Waals surface area contributed by atoms with E-state index >= 15 is 0 Å². The van der Waals surface area contributed by atoms with Crippen LogP contribution in [0.2, 0.25) is 0 Å². The second-order valence-electron chi connectivity index (χ2n) is 4.08. The molecule has 2 rings (SSSR count). The molecule has 0 spiro atoms. The number of methoxy groups -OCH3 is 2. The molecule has 0 bridgehead atoms. The number of benzene rings is 1. The minimum absolute atomic E-state index is 0.292. The third-order valence-electron chi connectivity index (χ3n) is 2.74. The largest absolute Gasteiger partial charge is 0.481 e. The van der Waals surface area contributed by atoms with Crippen LogP contribution in [0.25, 0.3) is 0 Å². The summed E-state index contributed by atoms with van der Waals surface area (Å²) in [6.45, 7) is 0.292. The summed E-state index contributed by atoms with van der Waals surface area (Å²) in [4.78, 5) is 8.26. The Balaban J connectivity index is 2.03. The summed E-state index contributed by atoms with van der Waals surface area (Å²) in [5.74, 6) is 1.14. The lowest BCUT2D eigenvalue weighted by Crippen LogP contribution is -2.14. The maximum absolute atomic E-state index is 10.1. The molecule has 0 saturated heterocycles. The van der Waals surface area contributed by atoms with E-state index in [0.717, 1.165) is 5.56 Å². The first-order valence-electron chi connectivity index (χ1n) is 6.17. The van der Waals surface area contributed by atoms with Gasteiger partial charge in [0.25, 0.3) is 0 Å². The molecule has 0 amide bonds. The molecule has 0 aliphatic rings. The van der Waals surface area contributed by atoms with Crippen LogP contribution >= 0.6 is 0 Å². The van der Waals surface area contributed by atoms with Gasteiger partial charge in [0, 0.05) is 6.54 Å². The van der Waals surface area contributed by atoms with Gasteiger partial charge < -0.3 is 19.9 Å². The van der Waals surface area contributed by atoms with Crippen molar-refractivity contribution in [3.05, 3.63) is 42.0 Å². The van der Waals surface area contributed by atoms with Crippen molar-refractivity contribution in [1.29, 1.82) is 0 Å². The summed E-state index contributed by atoms with van der Waals surface area (Å²) in [6.07, 6.45) is -0.642. The van der Waals surface area contributed by atoms with Crippen molar-refractivity contribution in [3.63, 3.8) is 0 Å². The van der Waals surface area contributed by atoms with Gasteiger partial charge in [-0.25, -0.2) is 0 Å². The first-order valence-corrected chi connectivity index (χ1v) is 6.17. The zero-order valence-corrected chi connectivity index (χ0v) is 11.4. The molecule has 106 valence electrons. The topological polar surface area (TPSA) is 76.5 Å². The monoisotopic (exact) mass is 275 g/mol. The molecule has 1 aromatic heterocycles. The SMILES string of the molecule is COc1cc(OC)nc(NCC(O)c2ccccc2)n1. The van der Waals surface area contributed by atoms with Crippen LogP contribution in [0.15, 0.2) is 36.4 Å². The van der Waals surface area contributed by atoms with Gasteiger partial charge in [-0.1, -0.05) is 30.3 Å². The minimum atomic E-state index is -0.642. The zero-order valence-electron chi connectivity index (χ0n) is 11.4. The lowest BCUT2D eigenvalue weighted by Gasteiger charge is -2.13. The molecule has 0 aliphatic heterocycles. The van der Waals surface area contributed by atoms with Crippen molar-refractivity contribution in [1.82, 2.24) is 9.97 Å². The fraction of sp³-hybridized carbons (Fsp3) is 0.286. The first-order chi connectivity index (χ1) is 9.72. The number of nitrogens with zero attached hydrogens (tertiary/aromatic N) is 2. The second-order valence-corrected chi connectivity index (χ2v) is 4.08. The van der Waals surface area contributed by atoms with Crippen LogP contribution in [0.1, 0.15) is 11.7 Å². The van der Waals surface area contributed by atoms with E-state index in [4.69, 9.17) is 9.47 Å². The van der Waals surface area contributed by atoms with Crippen LogP contribution in [0, 0.1) is 0 Å². The molecule has 2 N–H and O–H groups in total. The van der Waals surface area contributed by atoms with E-state index < -0.39 is 6.10 Å². The van der Waals surface area contributed by atoms with E-state index in [-0.39, 0.29) is 0 Å². The smallest absolute Gasteiger partial charge is 0.229 e. The van der Waals surface area contributed by atoms with Crippen molar-refractivity contribution in [2.24, 2.45) is 0 Å². The molecule has 1 heterocycles.